The van der Waals surface area contributed by atoms with Crippen LogP contribution in [0.3, 0.4) is 0 Å². The van der Waals surface area contributed by atoms with Gasteiger partial charge in [-0.3, -0.25) is 4.79 Å². The van der Waals surface area contributed by atoms with E-state index in [0.29, 0.717) is 0 Å². The van der Waals surface area contributed by atoms with E-state index in [-0.39, 0.29) is 23.0 Å². The predicted molar refractivity (Wildman–Crippen MR) is 399 cm³/mol. The zero-order chi connectivity index (χ0) is 64.3. The summed E-state index contributed by atoms with van der Waals surface area (Å²) in [5.41, 5.74) is 38.4. The number of aromatic nitrogens is 1. The Kier molecular flexibility index (Phi) is 11.5. The van der Waals surface area contributed by atoms with Crippen molar-refractivity contribution in [2.45, 2.75) is 84.0 Å². The Labute approximate surface area is 557 Å². The number of pyridine rings is 1. The maximum absolute atomic E-state index is 16.8. The van der Waals surface area contributed by atoms with Crippen LogP contribution in [0.2, 0.25) is 0 Å². The SMILES string of the molecule is Cc1cc(C)c(B2c3cc(C(C)(C)C)ccc3-n3c4ccc(C(C)(C)C)cc4c(=O)c4cc(-c5c(-c6cccc7c6C6(c8ccccc8-c8ccccc86)c6ccccc6-7)cccc5-c5cccc6c5C5(c7ccccc7-c7ccccc75)c5ccccc5-6)cc2c43)c(C)c1. The Hall–Kier alpha value is -10.6. The van der Waals surface area contributed by atoms with Gasteiger partial charge in [-0.15, -0.1) is 0 Å². The van der Waals surface area contributed by atoms with Crippen LogP contribution in [0.4, 0.5) is 0 Å². The molecule has 1 aliphatic heterocycles. The fourth-order valence-corrected chi connectivity index (χ4v) is 19.0. The number of rotatable bonds is 4. The number of hydrogen-bond donors (Lipinski definition) is 0. The summed E-state index contributed by atoms with van der Waals surface area (Å²) >= 11 is 0. The van der Waals surface area contributed by atoms with Crippen LogP contribution in [-0.4, -0.2) is 11.3 Å². The van der Waals surface area contributed by atoms with E-state index in [2.05, 4.69) is 328 Å². The summed E-state index contributed by atoms with van der Waals surface area (Å²) in [5, 5.41) is 1.45. The number of benzene rings is 13. The van der Waals surface area contributed by atoms with Gasteiger partial charge in [-0.25, -0.2) is 0 Å². The highest BCUT2D eigenvalue weighted by molar-refractivity contribution is 6.98. The second kappa shape index (κ2) is 19.5. The summed E-state index contributed by atoms with van der Waals surface area (Å²) in [4.78, 5) is 16.8. The molecular weight excluding hydrogens is 1150 g/mol. The van der Waals surface area contributed by atoms with Crippen molar-refractivity contribution in [1.29, 1.82) is 0 Å². The van der Waals surface area contributed by atoms with Crippen LogP contribution in [-0.2, 0) is 21.7 Å². The van der Waals surface area contributed by atoms with Crippen molar-refractivity contribution >= 4 is 44.9 Å². The van der Waals surface area contributed by atoms with Gasteiger partial charge in [0.2, 0.25) is 6.71 Å². The molecule has 0 unspecified atom stereocenters. The summed E-state index contributed by atoms with van der Waals surface area (Å²) in [6.45, 7) is 20.4. The zero-order valence-electron chi connectivity index (χ0n) is 55.3. The molecule has 3 heteroatoms. The zero-order valence-corrected chi connectivity index (χ0v) is 55.3. The largest absolute Gasteiger partial charge is 0.310 e. The third-order valence-electron chi connectivity index (χ3n) is 22.7. The van der Waals surface area contributed by atoms with Crippen LogP contribution in [0, 0.1) is 20.8 Å². The summed E-state index contributed by atoms with van der Waals surface area (Å²) in [6, 6.07) is 99.9. The lowest BCUT2D eigenvalue weighted by Gasteiger charge is -2.35. The van der Waals surface area contributed by atoms with Gasteiger partial charge in [0.15, 0.2) is 5.43 Å². The second-order valence-corrected chi connectivity index (χ2v) is 29.8. The second-order valence-electron chi connectivity index (χ2n) is 29.8. The molecule has 0 saturated heterocycles. The lowest BCUT2D eigenvalue weighted by Crippen LogP contribution is -2.58. The molecule has 2 heterocycles. The van der Waals surface area contributed by atoms with Gasteiger partial charge in [0.1, 0.15) is 0 Å². The summed E-state index contributed by atoms with van der Waals surface area (Å²) in [5.74, 6) is 0. The van der Waals surface area contributed by atoms with E-state index in [0.717, 1.165) is 60.8 Å². The summed E-state index contributed by atoms with van der Waals surface area (Å²) < 4.78 is 2.47. The maximum atomic E-state index is 16.8. The van der Waals surface area contributed by atoms with Gasteiger partial charge < -0.3 is 4.57 Å². The minimum absolute atomic E-state index is 0.0497. The molecule has 0 radical (unpaired) electrons. The van der Waals surface area contributed by atoms with Crippen LogP contribution in [0.1, 0.15) is 114 Å². The van der Waals surface area contributed by atoms with Gasteiger partial charge in [0.25, 0.3) is 0 Å². The standard InChI is InChI=1S/C92H70BNO/c1-53-47-54(2)86(55(3)48-53)93-79-52-58(90(7,8)9)44-46-82(79)94-81-45-43-57(89(4,5)6)51-71(81)88(95)72-49-56(50-80(93)87(72)94)83-65(69-35-23-33-67-63-29-14-20-41-77(63)91(84(67)69)73-37-16-10-25-59(73)60-26-11-17-38-74(60)91)31-22-32-66(83)70-36-24-34-68-64-30-15-21-42-78(64)92(85(68)70)75-39-18-12-27-61(75)62-28-13-19-40-76(62)92/h10-52H,1-9H3. The van der Waals surface area contributed by atoms with E-state index < -0.39 is 10.8 Å². The van der Waals surface area contributed by atoms with Gasteiger partial charge >= 0.3 is 0 Å². The first-order chi connectivity index (χ1) is 46.1. The van der Waals surface area contributed by atoms with E-state index >= 15 is 4.79 Å². The highest BCUT2D eigenvalue weighted by Crippen LogP contribution is 2.67. The minimum atomic E-state index is -0.646. The van der Waals surface area contributed by atoms with Gasteiger partial charge in [0, 0.05) is 16.5 Å². The van der Waals surface area contributed by atoms with Crippen molar-refractivity contribution in [2.24, 2.45) is 0 Å². The van der Waals surface area contributed by atoms with Crippen molar-refractivity contribution in [2.75, 3.05) is 0 Å². The van der Waals surface area contributed by atoms with E-state index in [1.807, 2.05) is 0 Å². The highest BCUT2D eigenvalue weighted by Gasteiger charge is 2.55. The molecular formula is C92H70BNO. The molecule has 2 spiro atoms. The van der Waals surface area contributed by atoms with Gasteiger partial charge in [-0.05, 0) is 200 Å². The van der Waals surface area contributed by atoms with E-state index in [1.165, 1.54) is 133 Å². The third-order valence-corrected chi connectivity index (χ3v) is 22.7. The fourth-order valence-electron chi connectivity index (χ4n) is 19.0. The Balaban J connectivity index is 1.01. The molecule has 5 aliphatic rings. The topological polar surface area (TPSA) is 22.0 Å². The molecule has 0 fully saturated rings. The van der Waals surface area contributed by atoms with Crippen LogP contribution < -0.4 is 21.8 Å². The average molecular weight is 1220 g/mol. The first-order valence-electron chi connectivity index (χ1n) is 34.0. The molecule has 0 atom stereocenters. The maximum Gasteiger partial charge on any atom is 0.247 e. The van der Waals surface area contributed by atoms with Crippen molar-refractivity contribution in [3.05, 3.63) is 343 Å². The summed E-state index contributed by atoms with van der Waals surface area (Å²) in [7, 11) is 0. The fraction of sp³-hybridized carbons (Fsp3) is 0.141. The molecule has 4 aliphatic carbocycles. The number of fused-ring (bicyclic) bond motifs is 24. The Morgan fingerprint density at radius 2 is 0.716 bits per heavy atom. The molecule has 2 nitrogen and oxygen atoms in total. The smallest absolute Gasteiger partial charge is 0.247 e. The van der Waals surface area contributed by atoms with Crippen LogP contribution >= 0.6 is 0 Å². The Morgan fingerprint density at radius 3 is 1.15 bits per heavy atom. The molecule has 0 bridgehead atoms. The van der Waals surface area contributed by atoms with Crippen molar-refractivity contribution in [3.63, 3.8) is 0 Å². The van der Waals surface area contributed by atoms with E-state index in [1.54, 1.807) is 0 Å². The van der Waals surface area contributed by atoms with Gasteiger partial charge in [-0.1, -0.05) is 300 Å². The molecule has 452 valence electrons. The quantitative estimate of drug-likeness (QED) is 0.127. The molecule has 0 amide bonds. The minimum Gasteiger partial charge on any atom is -0.310 e. The molecule has 13 aromatic carbocycles. The molecule has 19 rings (SSSR count). The number of hydrogen-bond acceptors (Lipinski definition) is 1. The van der Waals surface area contributed by atoms with E-state index in [4.69, 9.17) is 0 Å². The van der Waals surface area contributed by atoms with Crippen molar-refractivity contribution in [1.82, 2.24) is 4.57 Å². The average Bonchev–Trinajstić information content (AvgIpc) is 1.56. The van der Waals surface area contributed by atoms with E-state index in [9.17, 15) is 0 Å². The molecule has 0 saturated carbocycles. The van der Waals surface area contributed by atoms with Gasteiger partial charge in [-0.2, -0.15) is 0 Å². The molecule has 14 aromatic rings. The van der Waals surface area contributed by atoms with Crippen LogP contribution in [0.15, 0.2) is 266 Å². The lowest BCUT2D eigenvalue weighted by atomic mass is 9.34. The Morgan fingerprint density at radius 1 is 0.347 bits per heavy atom. The number of aryl methyl sites for hydroxylation is 3. The first kappa shape index (κ1) is 56.0. The number of nitrogens with zero attached hydrogens (tertiary/aromatic N) is 1. The summed E-state index contributed by atoms with van der Waals surface area (Å²) in [6.07, 6.45) is 0. The lowest BCUT2D eigenvalue weighted by molar-refractivity contribution is 0.590. The predicted octanol–water partition coefficient (Wildman–Crippen LogP) is 20.2. The molecule has 95 heavy (non-hydrogen) atoms. The van der Waals surface area contributed by atoms with Gasteiger partial charge in [0.05, 0.1) is 21.9 Å². The van der Waals surface area contributed by atoms with Crippen LogP contribution in [0.25, 0.3) is 105 Å². The molecule has 1 aromatic heterocycles. The van der Waals surface area contributed by atoms with Crippen molar-refractivity contribution in [3.8, 4) is 83.6 Å². The van der Waals surface area contributed by atoms with Crippen molar-refractivity contribution < 1.29 is 0 Å². The monoisotopic (exact) mass is 1220 g/mol. The first-order valence-corrected chi connectivity index (χ1v) is 34.0. The highest BCUT2D eigenvalue weighted by atomic mass is 16.1. The third kappa shape index (κ3) is 7.28. The normalized spacial score (nSPS) is 14.3. The Bertz CT molecular complexity index is 5470. The molecule has 0 N–H and O–H groups in total. The van der Waals surface area contributed by atoms with Crippen LogP contribution in [0.5, 0.6) is 0 Å².